The first-order chi connectivity index (χ1) is 12.1. The summed E-state index contributed by atoms with van der Waals surface area (Å²) >= 11 is 0. The summed E-state index contributed by atoms with van der Waals surface area (Å²) in [6.45, 7) is 12.5. The maximum atomic E-state index is 12.1. The second kappa shape index (κ2) is 5.56. The molecule has 26 heavy (non-hydrogen) atoms. The highest BCUT2D eigenvalue weighted by Crippen LogP contribution is 2.68. The predicted molar refractivity (Wildman–Crippen MR) is 101 cm³/mol. The van der Waals surface area contributed by atoms with E-state index < -0.39 is 0 Å². The Balaban J connectivity index is 1.67. The molecule has 0 saturated heterocycles. The molecule has 3 heteroatoms. The van der Waals surface area contributed by atoms with E-state index >= 15 is 0 Å². The lowest BCUT2D eigenvalue weighted by Crippen LogP contribution is -2.55. The Morgan fingerprint density at radius 2 is 1.85 bits per heavy atom. The largest absolute Gasteiger partial charge is 0.459 e. The summed E-state index contributed by atoms with van der Waals surface area (Å²) in [7, 11) is 0. The maximum absolute atomic E-state index is 12.1. The Labute approximate surface area is 157 Å². The smallest absolute Gasteiger partial charge is 0.303 e. The van der Waals surface area contributed by atoms with Crippen LogP contribution in [0.1, 0.15) is 72.6 Å². The minimum absolute atomic E-state index is 0.0684. The van der Waals surface area contributed by atoms with Gasteiger partial charge in [0.2, 0.25) is 0 Å². The topological polar surface area (TPSA) is 43.4 Å². The van der Waals surface area contributed by atoms with Crippen LogP contribution in [-0.4, -0.2) is 17.4 Å². The van der Waals surface area contributed by atoms with Crippen LogP contribution in [0.5, 0.6) is 0 Å². The molecule has 0 aromatic rings. The normalized spacial score (nSPS) is 47.5. The van der Waals surface area contributed by atoms with Crippen LogP contribution in [0, 0.1) is 28.6 Å². The highest BCUT2D eigenvalue weighted by atomic mass is 16.6. The zero-order chi connectivity index (χ0) is 18.9. The summed E-state index contributed by atoms with van der Waals surface area (Å²) in [6, 6.07) is 0. The van der Waals surface area contributed by atoms with Gasteiger partial charge in [0.05, 0.1) is 0 Å². The van der Waals surface area contributed by atoms with Crippen molar-refractivity contribution in [3.05, 3.63) is 23.8 Å². The molecular weight excluding hydrogens is 324 g/mol. The van der Waals surface area contributed by atoms with Gasteiger partial charge >= 0.3 is 5.97 Å². The Kier molecular flexibility index (Phi) is 3.85. The van der Waals surface area contributed by atoms with Crippen LogP contribution in [0.25, 0.3) is 0 Å². The van der Waals surface area contributed by atoms with Crippen LogP contribution in [0.3, 0.4) is 0 Å². The third kappa shape index (κ3) is 2.25. The SMILES string of the molecule is C=C1C[C@]2(C)C(=CC1=O)CC[C@H]1[C@H]2CC[C@]2(C)[C@@H]1CC[C@]2(C)OC(C)=O. The van der Waals surface area contributed by atoms with Crippen molar-refractivity contribution in [1.82, 2.24) is 0 Å². The van der Waals surface area contributed by atoms with Gasteiger partial charge in [-0.05, 0) is 86.7 Å². The van der Waals surface area contributed by atoms with E-state index in [1.54, 1.807) is 0 Å². The molecule has 3 fully saturated rings. The minimum Gasteiger partial charge on any atom is -0.459 e. The highest BCUT2D eigenvalue weighted by molar-refractivity contribution is 6.05. The third-order valence-electron chi connectivity index (χ3n) is 8.87. The molecule has 0 radical (unpaired) electrons. The van der Waals surface area contributed by atoms with Crippen molar-refractivity contribution in [2.45, 2.75) is 78.2 Å². The van der Waals surface area contributed by atoms with Gasteiger partial charge in [0, 0.05) is 12.3 Å². The van der Waals surface area contributed by atoms with E-state index in [1.807, 2.05) is 6.08 Å². The second-order valence-electron chi connectivity index (χ2n) is 9.97. The van der Waals surface area contributed by atoms with Crippen molar-refractivity contribution < 1.29 is 14.3 Å². The third-order valence-corrected chi connectivity index (χ3v) is 8.87. The molecule has 4 aliphatic carbocycles. The van der Waals surface area contributed by atoms with E-state index in [0.29, 0.717) is 17.8 Å². The number of fused-ring (bicyclic) bond motifs is 5. The highest BCUT2D eigenvalue weighted by Gasteiger charge is 2.64. The second-order valence-corrected chi connectivity index (χ2v) is 9.97. The van der Waals surface area contributed by atoms with Gasteiger partial charge in [-0.3, -0.25) is 9.59 Å². The summed E-state index contributed by atoms with van der Waals surface area (Å²) in [5, 5.41) is 0. The van der Waals surface area contributed by atoms with Gasteiger partial charge in [-0.2, -0.15) is 0 Å². The van der Waals surface area contributed by atoms with Crippen molar-refractivity contribution in [1.29, 1.82) is 0 Å². The van der Waals surface area contributed by atoms with Crippen LogP contribution in [-0.2, 0) is 14.3 Å². The van der Waals surface area contributed by atoms with Crippen molar-refractivity contribution in [2.75, 3.05) is 0 Å². The van der Waals surface area contributed by atoms with E-state index in [1.165, 1.54) is 18.9 Å². The molecule has 3 saturated carbocycles. The zero-order valence-corrected chi connectivity index (χ0v) is 16.7. The molecule has 4 rings (SSSR count). The molecule has 0 aromatic carbocycles. The Hall–Kier alpha value is -1.38. The van der Waals surface area contributed by atoms with Gasteiger partial charge in [0.15, 0.2) is 5.78 Å². The lowest BCUT2D eigenvalue weighted by Gasteiger charge is -2.59. The van der Waals surface area contributed by atoms with Crippen LogP contribution in [0.15, 0.2) is 23.8 Å². The summed E-state index contributed by atoms with van der Waals surface area (Å²) in [5.41, 5.74) is 1.97. The van der Waals surface area contributed by atoms with Gasteiger partial charge in [-0.15, -0.1) is 0 Å². The van der Waals surface area contributed by atoms with Crippen LogP contribution in [0.4, 0.5) is 0 Å². The van der Waals surface area contributed by atoms with Crippen molar-refractivity contribution in [3.8, 4) is 0 Å². The molecule has 0 N–H and O–H groups in total. The number of ketones is 1. The predicted octanol–water partition coefficient (Wildman–Crippen LogP) is 5.01. The Morgan fingerprint density at radius 1 is 1.15 bits per heavy atom. The number of allylic oxidation sites excluding steroid dienone is 2. The number of carbonyl (C=O) groups excluding carboxylic acids is 2. The molecule has 0 spiro atoms. The number of hydrogen-bond donors (Lipinski definition) is 0. The first kappa shape index (κ1) is 18.0. The van der Waals surface area contributed by atoms with Gasteiger partial charge in [0.1, 0.15) is 5.60 Å². The fourth-order valence-corrected chi connectivity index (χ4v) is 7.31. The molecule has 0 aromatic heterocycles. The number of esters is 1. The van der Waals surface area contributed by atoms with Crippen molar-refractivity contribution >= 4 is 11.8 Å². The number of carbonyl (C=O) groups is 2. The monoisotopic (exact) mass is 356 g/mol. The molecule has 142 valence electrons. The lowest BCUT2D eigenvalue weighted by atomic mass is 9.46. The van der Waals surface area contributed by atoms with E-state index in [0.717, 1.165) is 44.1 Å². The van der Waals surface area contributed by atoms with Crippen LogP contribution in [0.2, 0.25) is 0 Å². The maximum Gasteiger partial charge on any atom is 0.303 e. The molecule has 3 nitrogen and oxygen atoms in total. The molecule has 0 unspecified atom stereocenters. The average Bonchev–Trinajstić information content (AvgIpc) is 2.80. The first-order valence-electron chi connectivity index (χ1n) is 10.2. The Morgan fingerprint density at radius 3 is 2.54 bits per heavy atom. The fraction of sp³-hybridized carbons (Fsp3) is 0.739. The quantitative estimate of drug-likeness (QED) is 0.490. The van der Waals surface area contributed by atoms with Gasteiger partial charge < -0.3 is 4.74 Å². The summed E-state index contributed by atoms with van der Waals surface area (Å²) in [6.07, 6.45) is 9.31. The number of hydrogen-bond acceptors (Lipinski definition) is 3. The van der Waals surface area contributed by atoms with Crippen molar-refractivity contribution in [3.63, 3.8) is 0 Å². The van der Waals surface area contributed by atoms with E-state index in [4.69, 9.17) is 4.74 Å². The molecule has 6 atom stereocenters. The van der Waals surface area contributed by atoms with Gasteiger partial charge in [0.25, 0.3) is 0 Å². The zero-order valence-electron chi connectivity index (χ0n) is 16.7. The molecule has 0 bridgehead atoms. The van der Waals surface area contributed by atoms with Gasteiger partial charge in [-0.25, -0.2) is 0 Å². The van der Waals surface area contributed by atoms with Crippen LogP contribution >= 0.6 is 0 Å². The van der Waals surface area contributed by atoms with Crippen molar-refractivity contribution in [2.24, 2.45) is 28.6 Å². The van der Waals surface area contributed by atoms with Gasteiger partial charge in [-0.1, -0.05) is 26.0 Å². The average molecular weight is 357 g/mol. The van der Waals surface area contributed by atoms with Crippen LogP contribution < -0.4 is 0 Å². The van der Waals surface area contributed by atoms with E-state index in [2.05, 4.69) is 27.4 Å². The summed E-state index contributed by atoms with van der Waals surface area (Å²) < 4.78 is 5.90. The minimum atomic E-state index is -0.336. The van der Waals surface area contributed by atoms with E-state index in [-0.39, 0.29) is 28.2 Å². The summed E-state index contributed by atoms with van der Waals surface area (Å²) in [4.78, 5) is 23.9. The summed E-state index contributed by atoms with van der Waals surface area (Å²) in [5.74, 6) is 1.87. The fourth-order valence-electron chi connectivity index (χ4n) is 7.31. The number of ether oxygens (including phenoxy) is 1. The lowest BCUT2D eigenvalue weighted by molar-refractivity contribution is -0.177. The molecule has 0 heterocycles. The van der Waals surface area contributed by atoms with E-state index in [9.17, 15) is 9.59 Å². The molecule has 4 aliphatic rings. The molecule has 0 amide bonds. The molecule has 0 aliphatic heterocycles. The first-order valence-corrected chi connectivity index (χ1v) is 10.2. The molecular formula is C23H32O3. The number of rotatable bonds is 1. The standard InChI is InChI=1S/C23H32O3/c1-14-13-21(3)16(12-20(14)25)6-7-17-18(21)8-10-22(4)19(17)9-11-23(22,5)26-15(2)24/h12,17-19H,1,6-11,13H2,2-5H3/t17-,18+,19+,21+,22+,23-/m0/s1. The Bertz CT molecular complexity index is 719.